The Morgan fingerprint density at radius 2 is 2.00 bits per heavy atom. The summed E-state index contributed by atoms with van der Waals surface area (Å²) in [7, 11) is 1.46. The van der Waals surface area contributed by atoms with Gasteiger partial charge in [0, 0.05) is 18.4 Å². The third-order valence-corrected chi connectivity index (χ3v) is 5.67. The Morgan fingerprint density at radius 1 is 1.30 bits per heavy atom. The summed E-state index contributed by atoms with van der Waals surface area (Å²) in [5, 5.41) is 0. The van der Waals surface area contributed by atoms with Gasteiger partial charge in [0.2, 0.25) is 0 Å². The van der Waals surface area contributed by atoms with Crippen LogP contribution in [0.1, 0.15) is 46.0 Å². The maximum atomic E-state index is 11.8. The van der Waals surface area contributed by atoms with Crippen molar-refractivity contribution >= 4 is 5.97 Å². The van der Waals surface area contributed by atoms with Crippen molar-refractivity contribution in [2.45, 2.75) is 51.7 Å². The molecular formula is C16H24O4. The van der Waals surface area contributed by atoms with Crippen molar-refractivity contribution < 1.29 is 19.0 Å². The van der Waals surface area contributed by atoms with Gasteiger partial charge in [-0.05, 0) is 37.5 Å². The van der Waals surface area contributed by atoms with Gasteiger partial charge in [0.1, 0.15) is 0 Å². The van der Waals surface area contributed by atoms with Gasteiger partial charge in [-0.3, -0.25) is 0 Å². The molecule has 0 aromatic rings. The molecule has 2 aliphatic carbocycles. The molecule has 3 aliphatic rings. The third-order valence-electron chi connectivity index (χ3n) is 5.67. The quantitative estimate of drug-likeness (QED) is 0.547. The molecule has 0 aromatic heterocycles. The minimum absolute atomic E-state index is 0.110. The molecule has 0 aromatic carbocycles. The summed E-state index contributed by atoms with van der Waals surface area (Å²) in [6, 6.07) is 0. The van der Waals surface area contributed by atoms with Crippen LogP contribution in [0, 0.1) is 11.3 Å². The summed E-state index contributed by atoms with van der Waals surface area (Å²) in [5.41, 5.74) is 2.21. The number of carbonyl (C=O) groups is 1. The first-order valence-electron chi connectivity index (χ1n) is 7.57. The number of allylic oxidation sites excluding steroid dienone is 1. The molecule has 0 bridgehead atoms. The monoisotopic (exact) mass is 280 g/mol. The van der Waals surface area contributed by atoms with Crippen molar-refractivity contribution in [3.8, 4) is 0 Å². The van der Waals surface area contributed by atoms with Crippen LogP contribution >= 0.6 is 0 Å². The number of fused-ring (bicyclic) bond motifs is 1. The Bertz CT molecular complexity index is 447. The number of rotatable bonds is 1. The number of hydrogen-bond donors (Lipinski definition) is 0. The average molecular weight is 280 g/mol. The van der Waals surface area contributed by atoms with Gasteiger partial charge in [-0.25, -0.2) is 4.79 Å². The number of carbonyl (C=O) groups excluding carboxylic acids is 1. The lowest BCUT2D eigenvalue weighted by Gasteiger charge is -2.45. The van der Waals surface area contributed by atoms with E-state index in [4.69, 9.17) is 14.2 Å². The summed E-state index contributed by atoms with van der Waals surface area (Å²) in [5.74, 6) is 0.0261. The molecule has 0 amide bonds. The zero-order chi connectivity index (χ0) is 14.4. The Kier molecular flexibility index (Phi) is 3.41. The first-order valence-corrected chi connectivity index (χ1v) is 7.57. The van der Waals surface area contributed by atoms with Crippen LogP contribution in [-0.4, -0.2) is 32.1 Å². The van der Waals surface area contributed by atoms with E-state index in [1.807, 2.05) is 6.92 Å². The average Bonchev–Trinajstić information content (AvgIpc) is 3.03. The molecule has 0 N–H and O–H groups in total. The highest BCUT2D eigenvalue weighted by molar-refractivity contribution is 5.89. The fraction of sp³-hybridized carbons (Fsp3) is 0.812. The van der Waals surface area contributed by atoms with Crippen molar-refractivity contribution in [1.82, 2.24) is 0 Å². The molecule has 1 saturated heterocycles. The minimum atomic E-state index is -0.335. The molecule has 2 atom stereocenters. The summed E-state index contributed by atoms with van der Waals surface area (Å²) in [6.45, 7) is 5.64. The van der Waals surface area contributed by atoms with E-state index < -0.39 is 0 Å². The van der Waals surface area contributed by atoms with Gasteiger partial charge in [-0.2, -0.15) is 0 Å². The predicted molar refractivity (Wildman–Crippen MR) is 74.0 cm³/mol. The summed E-state index contributed by atoms with van der Waals surface area (Å²) in [6.07, 6.45) is 5.04. The van der Waals surface area contributed by atoms with Crippen molar-refractivity contribution in [3.05, 3.63) is 11.1 Å². The fourth-order valence-corrected chi connectivity index (χ4v) is 4.43. The molecular weight excluding hydrogens is 256 g/mol. The van der Waals surface area contributed by atoms with E-state index in [0.29, 0.717) is 19.1 Å². The SMILES string of the molecule is COC(=O)/C(C)=C1/CC[C@H]2CC3(CC[C@]12C)OCCO3. The van der Waals surface area contributed by atoms with E-state index in [9.17, 15) is 4.79 Å². The highest BCUT2D eigenvalue weighted by Gasteiger charge is 2.54. The number of ether oxygens (including phenoxy) is 3. The lowest BCUT2D eigenvalue weighted by Crippen LogP contribution is -2.43. The molecule has 1 aliphatic heterocycles. The Balaban J connectivity index is 1.86. The molecule has 4 nitrogen and oxygen atoms in total. The normalized spacial score (nSPS) is 37.9. The van der Waals surface area contributed by atoms with Crippen LogP contribution in [0.2, 0.25) is 0 Å². The lowest BCUT2D eigenvalue weighted by atomic mass is 9.65. The summed E-state index contributed by atoms with van der Waals surface area (Å²) < 4.78 is 16.6. The maximum Gasteiger partial charge on any atom is 0.333 e. The third kappa shape index (κ3) is 2.01. The highest BCUT2D eigenvalue weighted by Crippen LogP contribution is 2.59. The van der Waals surface area contributed by atoms with E-state index in [2.05, 4.69) is 6.92 Å². The maximum absolute atomic E-state index is 11.8. The number of methoxy groups -OCH3 is 1. The van der Waals surface area contributed by atoms with Crippen LogP contribution in [0.15, 0.2) is 11.1 Å². The molecule has 1 spiro atoms. The Morgan fingerprint density at radius 3 is 2.65 bits per heavy atom. The van der Waals surface area contributed by atoms with Gasteiger partial charge >= 0.3 is 5.97 Å². The van der Waals surface area contributed by atoms with Crippen molar-refractivity contribution in [2.75, 3.05) is 20.3 Å². The Hall–Kier alpha value is -0.870. The summed E-state index contributed by atoms with van der Waals surface area (Å²) >= 11 is 0. The van der Waals surface area contributed by atoms with Gasteiger partial charge in [-0.15, -0.1) is 0 Å². The van der Waals surface area contributed by atoms with E-state index in [1.54, 1.807) is 0 Å². The van der Waals surface area contributed by atoms with E-state index >= 15 is 0 Å². The van der Waals surface area contributed by atoms with Crippen LogP contribution in [0.4, 0.5) is 0 Å². The van der Waals surface area contributed by atoms with E-state index in [-0.39, 0.29) is 17.2 Å². The fourth-order valence-electron chi connectivity index (χ4n) is 4.43. The Labute approximate surface area is 120 Å². The van der Waals surface area contributed by atoms with Gasteiger partial charge < -0.3 is 14.2 Å². The van der Waals surface area contributed by atoms with Crippen LogP contribution in [-0.2, 0) is 19.0 Å². The van der Waals surface area contributed by atoms with Crippen molar-refractivity contribution in [1.29, 1.82) is 0 Å². The second-order valence-corrected chi connectivity index (χ2v) is 6.56. The highest BCUT2D eigenvalue weighted by atomic mass is 16.7. The van der Waals surface area contributed by atoms with Crippen molar-refractivity contribution in [3.63, 3.8) is 0 Å². The number of hydrogen-bond acceptors (Lipinski definition) is 4. The standard InChI is InChI=1S/C16H24O4/c1-11(14(17)18-3)13-5-4-12-10-16(19-8-9-20-16)7-6-15(12,13)2/h12H,4-10H2,1-3H3/b13-11-/t12-,15-/m0/s1. The molecule has 2 saturated carbocycles. The van der Waals surface area contributed by atoms with Crippen LogP contribution in [0.5, 0.6) is 0 Å². The zero-order valence-electron chi connectivity index (χ0n) is 12.7. The molecule has 1 heterocycles. The first kappa shape index (κ1) is 14.1. The van der Waals surface area contributed by atoms with Crippen molar-refractivity contribution in [2.24, 2.45) is 11.3 Å². The molecule has 20 heavy (non-hydrogen) atoms. The number of esters is 1. The second-order valence-electron chi connectivity index (χ2n) is 6.56. The first-order chi connectivity index (χ1) is 9.51. The minimum Gasteiger partial charge on any atom is -0.466 e. The van der Waals surface area contributed by atoms with E-state index in [0.717, 1.165) is 37.7 Å². The molecule has 3 rings (SSSR count). The van der Waals surface area contributed by atoms with Crippen LogP contribution in [0.25, 0.3) is 0 Å². The van der Waals surface area contributed by atoms with Crippen LogP contribution < -0.4 is 0 Å². The van der Waals surface area contributed by atoms with Crippen LogP contribution in [0.3, 0.4) is 0 Å². The summed E-state index contributed by atoms with van der Waals surface area (Å²) in [4.78, 5) is 11.8. The molecule has 0 unspecified atom stereocenters. The zero-order valence-corrected chi connectivity index (χ0v) is 12.7. The van der Waals surface area contributed by atoms with Gasteiger partial charge in [-0.1, -0.05) is 12.5 Å². The smallest absolute Gasteiger partial charge is 0.333 e. The molecule has 3 fully saturated rings. The van der Waals surface area contributed by atoms with Gasteiger partial charge in [0.25, 0.3) is 0 Å². The second kappa shape index (κ2) is 4.85. The van der Waals surface area contributed by atoms with Gasteiger partial charge in [0.15, 0.2) is 5.79 Å². The molecule has 112 valence electrons. The predicted octanol–water partition coefficient (Wildman–Crippen LogP) is 2.82. The molecule has 0 radical (unpaired) electrons. The largest absolute Gasteiger partial charge is 0.466 e. The topological polar surface area (TPSA) is 44.8 Å². The van der Waals surface area contributed by atoms with E-state index in [1.165, 1.54) is 12.7 Å². The van der Waals surface area contributed by atoms with Gasteiger partial charge in [0.05, 0.1) is 20.3 Å². The lowest BCUT2D eigenvalue weighted by molar-refractivity contribution is -0.199. The molecule has 4 heteroatoms.